The first-order valence-corrected chi connectivity index (χ1v) is 8.16. The van der Waals surface area contributed by atoms with Crippen molar-refractivity contribution in [1.29, 1.82) is 0 Å². The number of H-pyrrole nitrogens is 1. The molecule has 2 heterocycles. The van der Waals surface area contributed by atoms with Crippen molar-refractivity contribution < 1.29 is 4.74 Å². The van der Waals surface area contributed by atoms with Gasteiger partial charge in [-0.05, 0) is 35.8 Å². The van der Waals surface area contributed by atoms with E-state index in [1.54, 1.807) is 7.11 Å². The average Bonchev–Trinajstić information content (AvgIpc) is 3.07. The maximum absolute atomic E-state index is 11.1. The highest BCUT2D eigenvalue weighted by molar-refractivity contribution is 7.09. The Hall–Kier alpha value is -2.99. The second-order valence-electron chi connectivity index (χ2n) is 5.26. The van der Waals surface area contributed by atoms with Crippen LogP contribution in [-0.2, 0) is 0 Å². The molecule has 0 aliphatic rings. The van der Waals surface area contributed by atoms with Gasteiger partial charge in [-0.25, -0.2) is 9.78 Å². The molecule has 118 valence electrons. The van der Waals surface area contributed by atoms with Crippen LogP contribution in [0, 0.1) is 0 Å². The number of nitrogens with zero attached hydrogens (tertiary/aromatic N) is 2. The minimum atomic E-state index is -0.314. The molecule has 0 saturated carbocycles. The molecule has 0 amide bonds. The number of nitrogens with one attached hydrogen (secondary N) is 1. The van der Waals surface area contributed by atoms with E-state index >= 15 is 0 Å². The van der Waals surface area contributed by atoms with Crippen LogP contribution in [0.3, 0.4) is 0 Å². The molecular formula is C18H13N3O2S. The van der Waals surface area contributed by atoms with Crippen LogP contribution in [0.15, 0.2) is 59.4 Å². The summed E-state index contributed by atoms with van der Waals surface area (Å²) in [5.41, 5.74) is 3.43. The first-order valence-electron chi connectivity index (χ1n) is 7.34. The molecular weight excluding hydrogens is 322 g/mol. The highest BCUT2D eigenvalue weighted by atomic mass is 32.1. The number of pyridine rings is 1. The fraction of sp³-hybridized carbons (Fsp3) is 0.0556. The third-order valence-corrected chi connectivity index (χ3v) is 4.56. The minimum absolute atomic E-state index is 0.314. The Bertz CT molecular complexity index is 1070. The van der Waals surface area contributed by atoms with Crippen molar-refractivity contribution in [3.05, 3.63) is 65.1 Å². The summed E-state index contributed by atoms with van der Waals surface area (Å²) in [7, 11) is 1.65. The monoisotopic (exact) mass is 335 g/mol. The molecule has 0 spiro atoms. The van der Waals surface area contributed by atoms with Gasteiger partial charge in [0.2, 0.25) is 0 Å². The van der Waals surface area contributed by atoms with Gasteiger partial charge in [0.05, 0.1) is 18.3 Å². The van der Waals surface area contributed by atoms with Crippen molar-refractivity contribution in [2.45, 2.75) is 0 Å². The maximum Gasteiger partial charge on any atom is 0.355 e. The van der Waals surface area contributed by atoms with Gasteiger partial charge in [-0.1, -0.05) is 30.3 Å². The Morgan fingerprint density at radius 3 is 2.46 bits per heavy atom. The zero-order chi connectivity index (χ0) is 16.5. The second kappa shape index (κ2) is 5.90. The lowest BCUT2D eigenvalue weighted by atomic mass is 10.1. The number of hydrogen-bond donors (Lipinski definition) is 1. The summed E-state index contributed by atoms with van der Waals surface area (Å²) in [5.74, 6) is 0.819. The van der Waals surface area contributed by atoms with Crippen molar-refractivity contribution in [2.24, 2.45) is 0 Å². The lowest BCUT2D eigenvalue weighted by Crippen LogP contribution is -1.99. The third kappa shape index (κ3) is 2.68. The highest BCUT2D eigenvalue weighted by Crippen LogP contribution is 2.26. The zero-order valence-corrected chi connectivity index (χ0v) is 13.6. The predicted octanol–water partition coefficient (Wildman–Crippen LogP) is 3.72. The van der Waals surface area contributed by atoms with Crippen LogP contribution >= 0.6 is 11.5 Å². The van der Waals surface area contributed by atoms with Gasteiger partial charge in [0.15, 0.2) is 0 Å². The molecule has 0 aliphatic heterocycles. The van der Waals surface area contributed by atoms with Gasteiger partial charge in [-0.3, -0.25) is 4.37 Å². The van der Waals surface area contributed by atoms with E-state index in [-0.39, 0.29) is 5.69 Å². The summed E-state index contributed by atoms with van der Waals surface area (Å²) >= 11 is 1.23. The molecule has 5 nitrogen and oxygen atoms in total. The van der Waals surface area contributed by atoms with E-state index in [4.69, 9.17) is 9.72 Å². The van der Waals surface area contributed by atoms with Crippen LogP contribution in [0.5, 0.6) is 5.75 Å². The van der Waals surface area contributed by atoms with E-state index in [1.165, 1.54) is 11.5 Å². The molecule has 4 aromatic rings. The molecule has 2 aromatic heterocycles. The van der Waals surface area contributed by atoms with Crippen molar-refractivity contribution in [1.82, 2.24) is 14.3 Å². The Balaban J connectivity index is 1.70. The standard InChI is InChI=1S/C18H13N3O2S/c1-23-14-7-9-16-13(10-14)6-8-15(19-16)11-2-4-12(5-3-11)17-20-18(22)21-24-17/h2-10H,1H3,(H,21,22). The molecule has 2 aromatic carbocycles. The SMILES string of the molecule is COc1ccc2nc(-c3ccc(-c4nc(=O)[nH]s4)cc3)ccc2c1. The molecule has 0 fully saturated rings. The summed E-state index contributed by atoms with van der Waals surface area (Å²) in [6.45, 7) is 0. The molecule has 0 unspecified atom stereocenters. The topological polar surface area (TPSA) is 67.9 Å². The molecule has 0 atom stereocenters. The quantitative estimate of drug-likeness (QED) is 0.619. The van der Waals surface area contributed by atoms with Crippen molar-refractivity contribution >= 4 is 22.4 Å². The van der Waals surface area contributed by atoms with Crippen molar-refractivity contribution in [2.75, 3.05) is 7.11 Å². The number of aromatic nitrogens is 3. The minimum Gasteiger partial charge on any atom is -0.497 e. The largest absolute Gasteiger partial charge is 0.497 e. The third-order valence-electron chi connectivity index (χ3n) is 3.76. The number of hydrogen-bond acceptors (Lipinski definition) is 5. The second-order valence-corrected chi connectivity index (χ2v) is 6.05. The van der Waals surface area contributed by atoms with Crippen molar-refractivity contribution in [3.63, 3.8) is 0 Å². The molecule has 24 heavy (non-hydrogen) atoms. The van der Waals surface area contributed by atoms with Crippen LogP contribution in [0.1, 0.15) is 0 Å². The molecule has 1 N–H and O–H groups in total. The molecule has 0 radical (unpaired) electrons. The molecule has 0 bridgehead atoms. The van der Waals surface area contributed by atoms with Gasteiger partial charge < -0.3 is 4.74 Å². The maximum atomic E-state index is 11.1. The summed E-state index contributed by atoms with van der Waals surface area (Å²) in [5, 5.41) is 1.72. The molecule has 4 rings (SSSR count). The highest BCUT2D eigenvalue weighted by Gasteiger charge is 2.06. The van der Waals surface area contributed by atoms with E-state index in [1.807, 2.05) is 54.6 Å². The number of rotatable bonds is 3. The van der Waals surface area contributed by atoms with Crippen molar-refractivity contribution in [3.8, 4) is 27.6 Å². The van der Waals surface area contributed by atoms with E-state index in [2.05, 4.69) is 9.36 Å². The number of ether oxygens (including phenoxy) is 1. The zero-order valence-electron chi connectivity index (χ0n) is 12.8. The molecule has 6 heteroatoms. The fourth-order valence-electron chi connectivity index (χ4n) is 2.53. The number of benzene rings is 2. The summed E-state index contributed by atoms with van der Waals surface area (Å²) in [6, 6.07) is 17.7. The average molecular weight is 335 g/mol. The van der Waals surface area contributed by atoms with Crippen LogP contribution in [0.25, 0.3) is 32.7 Å². The lowest BCUT2D eigenvalue weighted by molar-refractivity contribution is 0.415. The van der Waals surface area contributed by atoms with Crippen LogP contribution < -0.4 is 10.4 Å². The summed E-state index contributed by atoms with van der Waals surface area (Å²) in [6.07, 6.45) is 0. The van der Waals surface area contributed by atoms with Gasteiger partial charge in [-0.15, -0.1) is 0 Å². The lowest BCUT2D eigenvalue weighted by Gasteiger charge is -2.06. The van der Waals surface area contributed by atoms with Crippen LogP contribution in [0.4, 0.5) is 0 Å². The Morgan fingerprint density at radius 2 is 1.75 bits per heavy atom. The summed E-state index contributed by atoms with van der Waals surface area (Å²) < 4.78 is 7.83. The summed E-state index contributed by atoms with van der Waals surface area (Å²) in [4.78, 5) is 19.8. The predicted molar refractivity (Wildman–Crippen MR) is 95.5 cm³/mol. The van der Waals surface area contributed by atoms with Gasteiger partial charge in [0.25, 0.3) is 0 Å². The Kier molecular flexibility index (Phi) is 3.59. The first kappa shape index (κ1) is 14.6. The molecule has 0 aliphatic carbocycles. The van der Waals surface area contributed by atoms with Crippen LogP contribution in [0.2, 0.25) is 0 Å². The number of aromatic amines is 1. The van der Waals surface area contributed by atoms with E-state index < -0.39 is 0 Å². The first-order chi connectivity index (χ1) is 11.7. The van der Waals surface area contributed by atoms with E-state index in [0.717, 1.165) is 33.5 Å². The van der Waals surface area contributed by atoms with Gasteiger partial charge >= 0.3 is 5.69 Å². The number of methoxy groups -OCH3 is 1. The van der Waals surface area contributed by atoms with Gasteiger partial charge in [-0.2, -0.15) is 4.98 Å². The smallest absolute Gasteiger partial charge is 0.355 e. The number of fused-ring (bicyclic) bond motifs is 1. The van der Waals surface area contributed by atoms with Gasteiger partial charge in [0.1, 0.15) is 10.8 Å². The van der Waals surface area contributed by atoms with Gasteiger partial charge in [0, 0.05) is 16.5 Å². The van der Waals surface area contributed by atoms with E-state index in [9.17, 15) is 4.79 Å². The Labute approximate surface area is 141 Å². The molecule has 0 saturated heterocycles. The fourth-order valence-corrected chi connectivity index (χ4v) is 3.14. The normalized spacial score (nSPS) is 10.9. The Morgan fingerprint density at radius 1 is 0.958 bits per heavy atom. The van der Waals surface area contributed by atoms with E-state index in [0.29, 0.717) is 5.01 Å². The van der Waals surface area contributed by atoms with Crippen LogP contribution in [-0.4, -0.2) is 21.5 Å².